The third kappa shape index (κ3) is 3.09. The van der Waals surface area contributed by atoms with Crippen molar-refractivity contribution in [2.24, 2.45) is 0 Å². The van der Waals surface area contributed by atoms with Crippen LogP contribution in [0, 0.1) is 0 Å². The molecule has 1 aromatic carbocycles. The monoisotopic (exact) mass is 376 g/mol. The molecule has 0 aliphatic carbocycles. The first-order valence-electron chi connectivity index (χ1n) is 9.44. The number of aromatic nitrogens is 3. The molecule has 2 aliphatic heterocycles. The maximum absolute atomic E-state index is 12.7. The molecule has 1 amide bonds. The van der Waals surface area contributed by atoms with Gasteiger partial charge in [0.25, 0.3) is 0 Å². The van der Waals surface area contributed by atoms with Gasteiger partial charge in [0.05, 0.1) is 0 Å². The number of pyridine rings is 1. The molecule has 1 fully saturated rings. The van der Waals surface area contributed by atoms with Crippen LogP contribution in [0.15, 0.2) is 48.7 Å². The summed E-state index contributed by atoms with van der Waals surface area (Å²) in [5.74, 6) is 2.58. The number of carbonyl (C=O) groups excluding carboxylic acids is 1. The van der Waals surface area contributed by atoms with Crippen molar-refractivity contribution in [3.8, 4) is 11.5 Å². The summed E-state index contributed by atoms with van der Waals surface area (Å²) in [5.41, 5.74) is 1.75. The molecule has 28 heavy (non-hydrogen) atoms. The number of hydrogen-bond donors (Lipinski definition) is 0. The third-order valence-corrected chi connectivity index (χ3v) is 5.25. The molecule has 1 saturated heterocycles. The number of piperidine rings is 1. The van der Waals surface area contributed by atoms with E-state index in [1.807, 2.05) is 58.0 Å². The van der Waals surface area contributed by atoms with Crippen molar-refractivity contribution in [3.05, 3.63) is 60.1 Å². The third-order valence-electron chi connectivity index (χ3n) is 5.25. The predicted octanol–water partition coefficient (Wildman–Crippen LogP) is 2.88. The van der Waals surface area contributed by atoms with Crippen molar-refractivity contribution >= 4 is 17.6 Å². The molecular weight excluding hydrogens is 356 g/mol. The predicted molar refractivity (Wildman–Crippen MR) is 103 cm³/mol. The van der Waals surface area contributed by atoms with E-state index in [2.05, 4.69) is 10.2 Å². The Morgan fingerprint density at radius 1 is 1.14 bits per heavy atom. The highest BCUT2D eigenvalue weighted by Crippen LogP contribution is 2.33. The Balaban J connectivity index is 1.30. The summed E-state index contributed by atoms with van der Waals surface area (Å²) in [5, 5.41) is 8.61. The topological polar surface area (TPSA) is 69.0 Å². The largest absolute Gasteiger partial charge is 0.454 e. The summed E-state index contributed by atoms with van der Waals surface area (Å²) >= 11 is 0. The minimum atomic E-state index is 0.0104. The van der Waals surface area contributed by atoms with E-state index < -0.39 is 0 Å². The number of nitrogens with zero attached hydrogens (tertiary/aromatic N) is 4. The number of fused-ring (bicyclic) bond motifs is 2. The van der Waals surface area contributed by atoms with Crippen LogP contribution in [-0.4, -0.2) is 45.3 Å². The van der Waals surface area contributed by atoms with Gasteiger partial charge in [-0.3, -0.25) is 9.20 Å². The molecule has 2 aliphatic rings. The van der Waals surface area contributed by atoms with Crippen LogP contribution in [0.25, 0.3) is 11.7 Å². The number of carbonyl (C=O) groups is 1. The van der Waals surface area contributed by atoms with Crippen LogP contribution < -0.4 is 9.47 Å². The van der Waals surface area contributed by atoms with Gasteiger partial charge >= 0.3 is 0 Å². The molecule has 0 N–H and O–H groups in total. The highest BCUT2D eigenvalue weighted by molar-refractivity contribution is 5.92. The van der Waals surface area contributed by atoms with Crippen LogP contribution >= 0.6 is 0 Å². The summed E-state index contributed by atoms with van der Waals surface area (Å²) < 4.78 is 12.7. The summed E-state index contributed by atoms with van der Waals surface area (Å²) in [6.45, 7) is 1.66. The zero-order chi connectivity index (χ0) is 18.9. The van der Waals surface area contributed by atoms with E-state index in [4.69, 9.17) is 9.47 Å². The van der Waals surface area contributed by atoms with Crippen LogP contribution in [-0.2, 0) is 4.79 Å². The van der Waals surface area contributed by atoms with Crippen molar-refractivity contribution in [3.63, 3.8) is 0 Å². The Morgan fingerprint density at radius 3 is 3.04 bits per heavy atom. The highest BCUT2D eigenvalue weighted by atomic mass is 16.7. The van der Waals surface area contributed by atoms with Crippen LogP contribution in [0.3, 0.4) is 0 Å². The lowest BCUT2D eigenvalue weighted by molar-refractivity contribution is -0.127. The normalized spacial score (nSPS) is 18.9. The van der Waals surface area contributed by atoms with Gasteiger partial charge in [0.2, 0.25) is 12.7 Å². The van der Waals surface area contributed by atoms with Crippen molar-refractivity contribution in [1.82, 2.24) is 19.5 Å². The molecule has 5 rings (SSSR count). The quantitative estimate of drug-likeness (QED) is 0.658. The number of rotatable bonds is 3. The Labute approximate surface area is 162 Å². The summed E-state index contributed by atoms with van der Waals surface area (Å²) in [6.07, 6.45) is 7.38. The van der Waals surface area contributed by atoms with E-state index in [-0.39, 0.29) is 18.6 Å². The summed E-state index contributed by atoms with van der Waals surface area (Å²) in [4.78, 5) is 14.6. The van der Waals surface area contributed by atoms with E-state index in [0.29, 0.717) is 12.3 Å². The SMILES string of the molecule is O=C(C=Cc1ccc2c(c1)OCO2)N1CCCC(c2nnc3ccccn23)C1. The molecule has 4 heterocycles. The van der Waals surface area contributed by atoms with E-state index >= 15 is 0 Å². The van der Waals surface area contributed by atoms with Crippen LogP contribution in [0.4, 0.5) is 0 Å². The standard InChI is InChI=1S/C21H20N4O3/c26-20(9-7-15-6-8-17-18(12-15)28-14-27-17)24-10-3-4-16(13-24)21-23-22-19-5-1-2-11-25(19)21/h1-2,5-9,11-12,16H,3-4,10,13-14H2. The summed E-state index contributed by atoms with van der Waals surface area (Å²) in [6, 6.07) is 11.5. The van der Waals surface area contributed by atoms with Gasteiger partial charge in [-0.15, -0.1) is 10.2 Å². The molecule has 0 spiro atoms. The smallest absolute Gasteiger partial charge is 0.246 e. The maximum atomic E-state index is 12.7. The maximum Gasteiger partial charge on any atom is 0.246 e. The number of hydrogen-bond acceptors (Lipinski definition) is 5. The van der Waals surface area contributed by atoms with Gasteiger partial charge in [0, 0.05) is 31.3 Å². The highest BCUT2D eigenvalue weighted by Gasteiger charge is 2.27. The lowest BCUT2D eigenvalue weighted by atomic mass is 9.97. The molecule has 2 aromatic heterocycles. The molecule has 3 aromatic rings. The van der Waals surface area contributed by atoms with Crippen molar-refractivity contribution in [2.75, 3.05) is 19.9 Å². The van der Waals surface area contributed by atoms with Gasteiger partial charge in [-0.2, -0.15) is 0 Å². The van der Waals surface area contributed by atoms with Crippen LogP contribution in [0.1, 0.15) is 30.1 Å². The Kier molecular flexibility index (Phi) is 4.20. The molecule has 0 bridgehead atoms. The molecule has 142 valence electrons. The lowest BCUT2D eigenvalue weighted by Crippen LogP contribution is -2.38. The average Bonchev–Trinajstić information content (AvgIpc) is 3.38. The van der Waals surface area contributed by atoms with E-state index in [1.165, 1.54) is 0 Å². The number of ether oxygens (including phenoxy) is 2. The van der Waals surface area contributed by atoms with Crippen LogP contribution in [0.5, 0.6) is 11.5 Å². The van der Waals surface area contributed by atoms with Gasteiger partial charge in [-0.25, -0.2) is 0 Å². The fourth-order valence-corrected chi connectivity index (χ4v) is 3.82. The van der Waals surface area contributed by atoms with E-state index in [9.17, 15) is 4.79 Å². The first kappa shape index (κ1) is 16.8. The second-order valence-corrected chi connectivity index (χ2v) is 7.06. The van der Waals surface area contributed by atoms with Gasteiger partial charge in [0.15, 0.2) is 17.1 Å². The van der Waals surface area contributed by atoms with Gasteiger partial charge in [-0.05, 0) is 48.7 Å². The van der Waals surface area contributed by atoms with E-state index in [1.54, 1.807) is 6.08 Å². The minimum Gasteiger partial charge on any atom is -0.454 e. The van der Waals surface area contributed by atoms with Crippen LogP contribution in [0.2, 0.25) is 0 Å². The number of benzene rings is 1. The lowest BCUT2D eigenvalue weighted by Gasteiger charge is -2.31. The van der Waals surface area contributed by atoms with E-state index in [0.717, 1.165) is 42.2 Å². The average molecular weight is 376 g/mol. The fraction of sp³-hybridized carbons (Fsp3) is 0.286. The second kappa shape index (κ2) is 6.99. The first-order chi connectivity index (χ1) is 13.8. The minimum absolute atomic E-state index is 0.0104. The molecule has 0 radical (unpaired) electrons. The zero-order valence-electron chi connectivity index (χ0n) is 15.3. The Morgan fingerprint density at radius 2 is 2.07 bits per heavy atom. The van der Waals surface area contributed by atoms with Gasteiger partial charge < -0.3 is 14.4 Å². The van der Waals surface area contributed by atoms with Crippen molar-refractivity contribution in [1.29, 1.82) is 0 Å². The fourth-order valence-electron chi connectivity index (χ4n) is 3.82. The Bertz CT molecular complexity index is 1060. The molecule has 7 nitrogen and oxygen atoms in total. The van der Waals surface area contributed by atoms with Crippen molar-refractivity contribution < 1.29 is 14.3 Å². The Hall–Kier alpha value is -3.35. The molecule has 1 unspecified atom stereocenters. The molecular formula is C21H20N4O3. The van der Waals surface area contributed by atoms with Crippen molar-refractivity contribution in [2.45, 2.75) is 18.8 Å². The molecule has 1 atom stereocenters. The van der Waals surface area contributed by atoms with Gasteiger partial charge in [-0.1, -0.05) is 12.1 Å². The molecule has 7 heteroatoms. The summed E-state index contributed by atoms with van der Waals surface area (Å²) in [7, 11) is 0. The zero-order valence-corrected chi connectivity index (χ0v) is 15.3. The molecule has 0 saturated carbocycles. The number of amides is 1. The number of likely N-dealkylation sites (tertiary alicyclic amines) is 1. The van der Waals surface area contributed by atoms with Gasteiger partial charge in [0.1, 0.15) is 5.82 Å². The first-order valence-corrected chi connectivity index (χ1v) is 9.44. The second-order valence-electron chi connectivity index (χ2n) is 7.06.